The lowest BCUT2D eigenvalue weighted by atomic mass is 10.0. The van der Waals surface area contributed by atoms with Crippen molar-refractivity contribution in [3.8, 4) is 0 Å². The fourth-order valence-electron chi connectivity index (χ4n) is 2.28. The van der Waals surface area contributed by atoms with Crippen molar-refractivity contribution < 1.29 is 0 Å². The first-order valence-electron chi connectivity index (χ1n) is 6.66. The number of fused-ring (bicyclic) bond motifs is 1. The van der Waals surface area contributed by atoms with Crippen LogP contribution >= 0.6 is 11.3 Å². The van der Waals surface area contributed by atoms with Crippen molar-refractivity contribution >= 4 is 22.2 Å². The molecule has 0 spiro atoms. The Labute approximate surface area is 122 Å². The van der Waals surface area contributed by atoms with Gasteiger partial charge in [-0.25, -0.2) is 4.98 Å². The lowest BCUT2D eigenvalue weighted by Gasteiger charge is -2.11. The first kappa shape index (κ1) is 13.2. The van der Waals surface area contributed by atoms with Crippen LogP contribution in [0.3, 0.4) is 0 Å². The van der Waals surface area contributed by atoms with Crippen LogP contribution in [0.15, 0.2) is 35.7 Å². The summed E-state index contributed by atoms with van der Waals surface area (Å²) >= 11 is 1.67. The third-order valence-corrected chi connectivity index (χ3v) is 4.33. The molecule has 102 valence electrons. The molecule has 0 radical (unpaired) electrons. The van der Waals surface area contributed by atoms with Gasteiger partial charge in [-0.2, -0.15) is 0 Å². The van der Waals surface area contributed by atoms with Crippen molar-refractivity contribution in [2.75, 3.05) is 0 Å². The molecule has 1 unspecified atom stereocenters. The Bertz CT molecular complexity index is 748. The number of benzene rings is 1. The summed E-state index contributed by atoms with van der Waals surface area (Å²) in [6.07, 6.45) is 0.781. The number of rotatable bonds is 3. The average molecular weight is 283 g/mol. The third kappa shape index (κ3) is 2.71. The topological polar surface area (TPSA) is 51.8 Å². The van der Waals surface area contributed by atoms with Gasteiger partial charge in [0.05, 0.1) is 10.5 Å². The molecular formula is C16H17N3S. The summed E-state index contributed by atoms with van der Waals surface area (Å²) in [4.78, 5) is 8.99. The number of aromatic nitrogens is 2. The lowest BCUT2D eigenvalue weighted by molar-refractivity contribution is 0.717. The molecule has 0 saturated heterocycles. The van der Waals surface area contributed by atoms with E-state index in [1.54, 1.807) is 11.3 Å². The highest BCUT2D eigenvalue weighted by Crippen LogP contribution is 2.22. The molecule has 3 nitrogen and oxygen atoms in total. The number of hydrogen-bond acceptors (Lipinski definition) is 4. The quantitative estimate of drug-likeness (QED) is 0.799. The second-order valence-corrected chi connectivity index (χ2v) is 6.04. The van der Waals surface area contributed by atoms with Crippen LogP contribution in [-0.2, 0) is 6.42 Å². The van der Waals surface area contributed by atoms with Crippen molar-refractivity contribution in [2.24, 2.45) is 5.73 Å². The Morgan fingerprint density at radius 1 is 1.10 bits per heavy atom. The molecule has 0 fully saturated rings. The van der Waals surface area contributed by atoms with Crippen LogP contribution in [0, 0.1) is 13.8 Å². The third-order valence-electron chi connectivity index (χ3n) is 3.34. The number of thiazole rings is 1. The molecule has 20 heavy (non-hydrogen) atoms. The van der Waals surface area contributed by atoms with Crippen molar-refractivity contribution in [1.82, 2.24) is 9.97 Å². The SMILES string of the molecule is Cc1csc(CC(N)c2ccc3nc(C)ccc3c2)n1. The van der Waals surface area contributed by atoms with Gasteiger partial charge in [0.15, 0.2) is 0 Å². The number of pyridine rings is 1. The Balaban J connectivity index is 1.87. The summed E-state index contributed by atoms with van der Waals surface area (Å²) in [5.74, 6) is 0. The molecule has 0 amide bonds. The van der Waals surface area contributed by atoms with Gasteiger partial charge in [0.2, 0.25) is 0 Å². The van der Waals surface area contributed by atoms with Crippen LogP contribution < -0.4 is 5.73 Å². The highest BCUT2D eigenvalue weighted by molar-refractivity contribution is 7.09. The van der Waals surface area contributed by atoms with Crippen molar-refractivity contribution in [3.05, 3.63) is 57.7 Å². The van der Waals surface area contributed by atoms with Crippen molar-refractivity contribution in [3.63, 3.8) is 0 Å². The molecule has 1 aromatic carbocycles. The standard InChI is InChI=1S/C16H17N3S/c1-10-3-4-13-7-12(5-6-15(13)18-10)14(17)8-16-19-11(2)9-20-16/h3-7,9,14H,8,17H2,1-2H3. The molecule has 0 aliphatic carbocycles. The van der Waals surface area contributed by atoms with Gasteiger partial charge in [-0.05, 0) is 37.6 Å². The minimum atomic E-state index is -0.0220. The highest BCUT2D eigenvalue weighted by atomic mass is 32.1. The van der Waals surface area contributed by atoms with E-state index in [4.69, 9.17) is 5.73 Å². The minimum absolute atomic E-state index is 0.0220. The normalized spacial score (nSPS) is 12.8. The fourth-order valence-corrected chi connectivity index (χ4v) is 3.11. The number of aryl methyl sites for hydroxylation is 2. The molecule has 0 saturated carbocycles. The molecule has 2 heterocycles. The predicted octanol–water partition coefficient (Wildman–Crippen LogP) is 3.55. The van der Waals surface area contributed by atoms with E-state index in [0.717, 1.165) is 39.3 Å². The Kier molecular flexibility index (Phi) is 3.51. The summed E-state index contributed by atoms with van der Waals surface area (Å²) in [7, 11) is 0. The Morgan fingerprint density at radius 2 is 1.95 bits per heavy atom. The van der Waals surface area contributed by atoms with Gasteiger partial charge < -0.3 is 5.73 Å². The maximum absolute atomic E-state index is 6.30. The predicted molar refractivity (Wildman–Crippen MR) is 84.0 cm³/mol. The minimum Gasteiger partial charge on any atom is -0.324 e. The molecule has 2 N–H and O–H groups in total. The summed E-state index contributed by atoms with van der Waals surface area (Å²) in [6.45, 7) is 4.01. The molecule has 0 aliphatic rings. The number of nitrogens with zero attached hydrogens (tertiary/aromatic N) is 2. The van der Waals surface area contributed by atoms with E-state index in [1.807, 2.05) is 26.0 Å². The molecule has 0 aliphatic heterocycles. The number of hydrogen-bond donors (Lipinski definition) is 1. The van der Waals surface area contributed by atoms with E-state index in [9.17, 15) is 0 Å². The second-order valence-electron chi connectivity index (χ2n) is 5.10. The number of nitrogens with two attached hydrogens (primary N) is 1. The van der Waals surface area contributed by atoms with Crippen LogP contribution in [-0.4, -0.2) is 9.97 Å². The van der Waals surface area contributed by atoms with E-state index in [-0.39, 0.29) is 6.04 Å². The Hall–Kier alpha value is -1.78. The summed E-state index contributed by atoms with van der Waals surface area (Å²) in [6, 6.07) is 10.4. The monoisotopic (exact) mass is 283 g/mol. The summed E-state index contributed by atoms with van der Waals surface area (Å²) < 4.78 is 0. The van der Waals surface area contributed by atoms with Crippen LogP contribution in [0.5, 0.6) is 0 Å². The molecule has 3 rings (SSSR count). The van der Waals surface area contributed by atoms with Gasteiger partial charge in [-0.15, -0.1) is 11.3 Å². The van der Waals surface area contributed by atoms with Crippen molar-refractivity contribution in [2.45, 2.75) is 26.3 Å². The maximum atomic E-state index is 6.30. The lowest BCUT2D eigenvalue weighted by Crippen LogP contribution is -2.13. The molecule has 2 aromatic heterocycles. The molecule has 1 atom stereocenters. The second kappa shape index (κ2) is 5.31. The van der Waals surface area contributed by atoms with Gasteiger partial charge in [0.25, 0.3) is 0 Å². The van der Waals surface area contributed by atoms with Crippen molar-refractivity contribution in [1.29, 1.82) is 0 Å². The first-order valence-corrected chi connectivity index (χ1v) is 7.54. The fraction of sp³-hybridized carbons (Fsp3) is 0.250. The van der Waals surface area contributed by atoms with Crippen LogP contribution in [0.2, 0.25) is 0 Å². The van der Waals surface area contributed by atoms with E-state index >= 15 is 0 Å². The smallest absolute Gasteiger partial charge is 0.0947 e. The highest BCUT2D eigenvalue weighted by Gasteiger charge is 2.10. The summed E-state index contributed by atoms with van der Waals surface area (Å²) in [5.41, 5.74) is 10.6. The van der Waals surface area contributed by atoms with Crippen LogP contribution in [0.25, 0.3) is 10.9 Å². The van der Waals surface area contributed by atoms with Crippen LogP contribution in [0.1, 0.15) is 28.0 Å². The van der Waals surface area contributed by atoms with Gasteiger partial charge in [0.1, 0.15) is 0 Å². The maximum Gasteiger partial charge on any atom is 0.0947 e. The Morgan fingerprint density at radius 3 is 2.70 bits per heavy atom. The molecule has 3 aromatic rings. The molecular weight excluding hydrogens is 266 g/mol. The van der Waals surface area contributed by atoms with Gasteiger partial charge in [-0.1, -0.05) is 12.1 Å². The van der Waals surface area contributed by atoms with E-state index in [1.165, 1.54) is 0 Å². The van der Waals surface area contributed by atoms with Gasteiger partial charge >= 0.3 is 0 Å². The van der Waals surface area contributed by atoms with Crippen LogP contribution in [0.4, 0.5) is 0 Å². The molecule has 4 heteroatoms. The van der Waals surface area contributed by atoms with E-state index < -0.39 is 0 Å². The van der Waals surface area contributed by atoms with Gasteiger partial charge in [0, 0.05) is 34.6 Å². The average Bonchev–Trinajstić information content (AvgIpc) is 2.83. The van der Waals surface area contributed by atoms with E-state index in [0.29, 0.717) is 0 Å². The zero-order valence-electron chi connectivity index (χ0n) is 11.6. The largest absolute Gasteiger partial charge is 0.324 e. The zero-order chi connectivity index (χ0) is 14.1. The zero-order valence-corrected chi connectivity index (χ0v) is 12.4. The first-order chi connectivity index (χ1) is 9.61. The van der Waals surface area contributed by atoms with E-state index in [2.05, 4.69) is 33.5 Å². The summed E-state index contributed by atoms with van der Waals surface area (Å²) in [5, 5.41) is 4.30. The van der Waals surface area contributed by atoms with Gasteiger partial charge in [-0.3, -0.25) is 4.98 Å². The molecule has 0 bridgehead atoms.